The fourth-order valence-electron chi connectivity index (χ4n) is 5.93. The van der Waals surface area contributed by atoms with Crippen LogP contribution in [-0.2, 0) is 6.54 Å². The van der Waals surface area contributed by atoms with Gasteiger partial charge in [0.25, 0.3) is 0 Å². The summed E-state index contributed by atoms with van der Waals surface area (Å²) in [5, 5.41) is 3.54. The van der Waals surface area contributed by atoms with Crippen molar-refractivity contribution < 1.29 is 4.74 Å². The first kappa shape index (κ1) is 24.3. The average molecular weight is 510 g/mol. The van der Waals surface area contributed by atoms with E-state index in [1.807, 2.05) is 34.9 Å². The van der Waals surface area contributed by atoms with Crippen LogP contribution in [0.1, 0.15) is 32.1 Å². The number of hydrogen-bond donors (Lipinski definition) is 2. The van der Waals surface area contributed by atoms with Crippen LogP contribution < -0.4 is 25.5 Å². The quantitative estimate of drug-likeness (QED) is 0.340. The highest BCUT2D eigenvalue weighted by molar-refractivity contribution is 5.90. The molecular weight excluding hydrogens is 474 g/mol. The van der Waals surface area contributed by atoms with Gasteiger partial charge in [0.05, 0.1) is 35.2 Å². The van der Waals surface area contributed by atoms with E-state index in [-0.39, 0.29) is 5.69 Å². The maximum Gasteiger partial charge on any atom is 0.326 e. The number of piperazine rings is 1. The van der Waals surface area contributed by atoms with Gasteiger partial charge in [-0.3, -0.25) is 4.57 Å². The molecule has 2 N–H and O–H groups in total. The highest BCUT2D eigenvalue weighted by Crippen LogP contribution is 2.34. The summed E-state index contributed by atoms with van der Waals surface area (Å²) in [5.41, 5.74) is 5.99. The van der Waals surface area contributed by atoms with Crippen LogP contribution in [0.5, 0.6) is 5.75 Å². The Kier molecular flexibility index (Phi) is 6.87. The third kappa shape index (κ3) is 5.04. The molecule has 0 atom stereocenters. The molecule has 6 rings (SSSR count). The van der Waals surface area contributed by atoms with Crippen molar-refractivity contribution >= 4 is 33.8 Å². The van der Waals surface area contributed by atoms with Gasteiger partial charge in [-0.2, -0.15) is 0 Å². The van der Waals surface area contributed by atoms with E-state index in [0.29, 0.717) is 5.92 Å². The largest absolute Gasteiger partial charge is 0.497 e. The minimum absolute atomic E-state index is 0.0161. The van der Waals surface area contributed by atoms with Gasteiger partial charge in [-0.15, -0.1) is 0 Å². The second kappa shape index (κ2) is 10.7. The normalized spacial score (nSPS) is 16.4. The van der Waals surface area contributed by atoms with Gasteiger partial charge in [0.15, 0.2) is 0 Å². The van der Waals surface area contributed by atoms with Crippen LogP contribution in [0.25, 0.3) is 11.0 Å². The SMILES string of the molecule is COc1ccc(N2CCN(c3cc4c(cc3Nc3c#cccc3)[nH]c(=O)n4CC3CCCCC3)CC2)cc1. The molecule has 7 heteroatoms. The van der Waals surface area contributed by atoms with Gasteiger partial charge < -0.3 is 24.8 Å². The smallest absolute Gasteiger partial charge is 0.326 e. The van der Waals surface area contributed by atoms with Crippen molar-refractivity contribution in [2.24, 2.45) is 5.92 Å². The summed E-state index contributed by atoms with van der Waals surface area (Å²) in [4.78, 5) is 21.0. The van der Waals surface area contributed by atoms with E-state index < -0.39 is 0 Å². The first-order valence-electron chi connectivity index (χ1n) is 13.7. The zero-order valence-electron chi connectivity index (χ0n) is 22.0. The predicted octanol–water partition coefficient (Wildman–Crippen LogP) is 5.59. The molecule has 7 nitrogen and oxygen atoms in total. The number of nitrogens with one attached hydrogen (secondary N) is 2. The van der Waals surface area contributed by atoms with E-state index in [4.69, 9.17) is 4.74 Å². The number of methoxy groups -OCH3 is 1. The number of anilines is 4. The standard InChI is InChI=1S/C31H35N5O2/c1-38-26-14-12-25(13-15-26)34-16-18-35(19-17-34)29-21-30-28(20-27(29)32-24-10-6-3-7-11-24)33-31(37)36(30)22-23-8-4-2-5-9-23/h3,6,10,12-15,20-21,23,32H,2,4-5,8-9,16-19,22H2,1H3,(H,33,37). The van der Waals surface area contributed by atoms with Crippen molar-refractivity contribution in [3.63, 3.8) is 0 Å². The van der Waals surface area contributed by atoms with Gasteiger partial charge in [-0.25, -0.2) is 4.79 Å². The molecule has 2 fully saturated rings. The van der Waals surface area contributed by atoms with Crippen molar-refractivity contribution in [3.8, 4) is 5.75 Å². The van der Waals surface area contributed by atoms with Gasteiger partial charge in [-0.1, -0.05) is 31.4 Å². The van der Waals surface area contributed by atoms with E-state index in [1.54, 1.807) is 7.11 Å². The van der Waals surface area contributed by atoms with Gasteiger partial charge in [0.1, 0.15) is 5.75 Å². The second-order valence-electron chi connectivity index (χ2n) is 10.4. The number of fused-ring (bicyclic) bond motifs is 1. The summed E-state index contributed by atoms with van der Waals surface area (Å²) in [6.07, 6.45) is 6.27. The molecule has 3 aromatic carbocycles. The number of nitrogens with zero attached hydrogens (tertiary/aromatic N) is 3. The van der Waals surface area contributed by atoms with E-state index in [9.17, 15) is 4.79 Å². The molecule has 1 aliphatic heterocycles. The van der Waals surface area contributed by atoms with E-state index >= 15 is 0 Å². The number of aromatic amines is 1. The maximum absolute atomic E-state index is 13.1. The zero-order valence-corrected chi connectivity index (χ0v) is 22.0. The fraction of sp³-hybridized carbons (Fsp3) is 0.387. The van der Waals surface area contributed by atoms with Gasteiger partial charge in [-0.05, 0) is 73.4 Å². The predicted molar refractivity (Wildman–Crippen MR) is 154 cm³/mol. The summed E-state index contributed by atoms with van der Waals surface area (Å²) >= 11 is 0. The topological polar surface area (TPSA) is 65.5 Å². The van der Waals surface area contributed by atoms with Crippen molar-refractivity contribution in [2.75, 3.05) is 48.4 Å². The molecule has 0 radical (unpaired) electrons. The van der Waals surface area contributed by atoms with Crippen LogP contribution in [0.3, 0.4) is 0 Å². The van der Waals surface area contributed by atoms with Crippen LogP contribution in [0.15, 0.2) is 59.4 Å². The molecule has 0 spiro atoms. The monoisotopic (exact) mass is 509 g/mol. The lowest BCUT2D eigenvalue weighted by Gasteiger charge is -2.38. The zero-order chi connectivity index (χ0) is 25.9. The molecule has 1 saturated carbocycles. The molecule has 0 bridgehead atoms. The van der Waals surface area contributed by atoms with Crippen molar-refractivity contribution in [1.29, 1.82) is 0 Å². The van der Waals surface area contributed by atoms with Crippen LogP contribution >= 0.6 is 0 Å². The Labute approximate surface area is 224 Å². The second-order valence-corrected chi connectivity index (χ2v) is 10.4. The Morgan fingerprint density at radius 2 is 1.76 bits per heavy atom. The fourth-order valence-corrected chi connectivity index (χ4v) is 5.93. The van der Waals surface area contributed by atoms with Crippen molar-refractivity contribution in [3.05, 3.63) is 77.2 Å². The Morgan fingerprint density at radius 3 is 2.47 bits per heavy atom. The molecule has 196 valence electrons. The number of H-pyrrole nitrogens is 1. The number of aromatic nitrogens is 2. The maximum atomic E-state index is 13.1. The minimum Gasteiger partial charge on any atom is -0.497 e. The van der Waals surface area contributed by atoms with E-state index in [1.165, 1.54) is 37.8 Å². The van der Waals surface area contributed by atoms with Crippen LogP contribution in [-0.4, -0.2) is 42.8 Å². The summed E-state index contributed by atoms with van der Waals surface area (Å²) < 4.78 is 7.29. The molecule has 1 saturated heterocycles. The van der Waals surface area contributed by atoms with Gasteiger partial charge >= 0.3 is 5.69 Å². The number of imidazole rings is 1. The van der Waals surface area contributed by atoms with Crippen LogP contribution in [0, 0.1) is 18.1 Å². The lowest BCUT2D eigenvalue weighted by Crippen LogP contribution is -2.46. The Balaban J connectivity index is 1.31. The number of rotatable bonds is 7. The van der Waals surface area contributed by atoms with Crippen LogP contribution in [0.4, 0.5) is 22.7 Å². The molecule has 1 aliphatic carbocycles. The summed E-state index contributed by atoms with van der Waals surface area (Å²) in [7, 11) is 1.70. The number of benzene rings is 2. The Morgan fingerprint density at radius 1 is 1.00 bits per heavy atom. The van der Waals surface area contributed by atoms with E-state index in [2.05, 4.69) is 56.5 Å². The van der Waals surface area contributed by atoms with Gasteiger partial charge in [0.2, 0.25) is 0 Å². The lowest BCUT2D eigenvalue weighted by atomic mass is 9.89. The Hall–Kier alpha value is -4.05. The molecule has 38 heavy (non-hydrogen) atoms. The van der Waals surface area contributed by atoms with Crippen molar-refractivity contribution in [2.45, 2.75) is 38.6 Å². The highest BCUT2D eigenvalue weighted by Gasteiger charge is 2.23. The van der Waals surface area contributed by atoms with E-state index in [0.717, 1.165) is 66.6 Å². The average Bonchev–Trinajstić information content (AvgIpc) is 3.27. The molecular formula is C31H35N5O2. The number of ether oxygens (including phenoxy) is 1. The summed E-state index contributed by atoms with van der Waals surface area (Å²) in [6.45, 7) is 4.38. The Bertz CT molecular complexity index is 1410. The summed E-state index contributed by atoms with van der Waals surface area (Å²) in [5.74, 6) is 1.45. The molecule has 1 aromatic heterocycles. The molecule has 2 heterocycles. The highest BCUT2D eigenvalue weighted by atomic mass is 16.5. The first-order chi connectivity index (χ1) is 18.7. The summed E-state index contributed by atoms with van der Waals surface area (Å²) in [6, 6.07) is 24.5. The lowest BCUT2D eigenvalue weighted by molar-refractivity contribution is 0.319. The first-order valence-corrected chi connectivity index (χ1v) is 13.7. The van der Waals surface area contributed by atoms with Gasteiger partial charge in [0, 0.05) is 38.4 Å². The number of hydrogen-bond acceptors (Lipinski definition) is 5. The third-order valence-electron chi connectivity index (χ3n) is 8.03. The molecule has 0 unspecified atom stereocenters. The van der Waals surface area contributed by atoms with Crippen LogP contribution in [0.2, 0.25) is 0 Å². The third-order valence-corrected chi connectivity index (χ3v) is 8.03. The molecule has 4 aromatic rings. The van der Waals surface area contributed by atoms with Crippen molar-refractivity contribution in [1.82, 2.24) is 9.55 Å². The molecule has 2 aliphatic rings. The minimum atomic E-state index is -0.0161. The molecule has 0 amide bonds.